The molecule has 0 unspecified atom stereocenters. The Bertz CT molecular complexity index is 936. The number of pyridine rings is 1. The fourth-order valence-electron chi connectivity index (χ4n) is 3.04. The average molecular weight is 447 g/mol. The maximum atomic E-state index is 4.94. The van der Waals surface area contributed by atoms with Crippen molar-refractivity contribution in [2.24, 2.45) is 0 Å². The Morgan fingerprint density at radius 1 is 0.615 bits per heavy atom. The molecule has 2 heteroatoms. The Kier molecular flexibility index (Phi) is 5.12. The van der Waals surface area contributed by atoms with Crippen molar-refractivity contribution in [3.63, 3.8) is 0 Å². The van der Waals surface area contributed by atoms with Gasteiger partial charge in [0.25, 0.3) is 0 Å². The first-order chi connectivity index (χ1) is 12.8. The van der Waals surface area contributed by atoms with E-state index in [-0.39, 0.29) is 0 Å². The van der Waals surface area contributed by atoms with E-state index in [2.05, 4.69) is 114 Å². The Balaban J connectivity index is 1.78. The monoisotopic (exact) mass is 447 g/mol. The van der Waals surface area contributed by atoms with Crippen molar-refractivity contribution < 1.29 is 0 Å². The van der Waals surface area contributed by atoms with Crippen LogP contribution < -0.4 is 0 Å². The third kappa shape index (κ3) is 4.02. The molecule has 26 heavy (non-hydrogen) atoms. The number of hydrogen-bond donors (Lipinski definition) is 0. The molecule has 1 nitrogen and oxygen atoms in total. The molecule has 4 aromatic rings. The quantitative estimate of drug-likeness (QED) is 0.321. The maximum absolute atomic E-state index is 4.94. The largest absolute Gasteiger partial charge is 0.252 e. The van der Waals surface area contributed by atoms with Crippen molar-refractivity contribution in [3.05, 3.63) is 112 Å². The van der Waals surface area contributed by atoms with E-state index >= 15 is 0 Å². The van der Waals surface area contributed by atoms with Gasteiger partial charge in [-0.25, -0.2) is 0 Å². The highest BCUT2D eigenvalue weighted by molar-refractivity contribution is 14.1. The first-order valence-electron chi connectivity index (χ1n) is 8.64. The molecule has 126 valence electrons. The van der Waals surface area contributed by atoms with Gasteiger partial charge in [0.15, 0.2) is 0 Å². The molecule has 4 rings (SSSR count). The average Bonchev–Trinajstić information content (AvgIpc) is 2.71. The predicted octanol–water partition coefficient (Wildman–Crippen LogP) is 6.61. The van der Waals surface area contributed by atoms with Crippen LogP contribution >= 0.6 is 22.6 Å². The van der Waals surface area contributed by atoms with Crippen LogP contribution in [0.4, 0.5) is 0 Å². The summed E-state index contributed by atoms with van der Waals surface area (Å²) in [6.45, 7) is 0. The molecule has 0 saturated carbocycles. The van der Waals surface area contributed by atoms with Crippen molar-refractivity contribution in [2.45, 2.75) is 6.42 Å². The molecule has 0 saturated heterocycles. The number of rotatable bonds is 4. The van der Waals surface area contributed by atoms with Crippen LogP contribution in [0.5, 0.6) is 0 Å². The number of nitrogens with zero attached hydrogens (tertiary/aromatic N) is 1. The second-order valence-corrected chi connectivity index (χ2v) is 7.51. The molecule has 0 spiro atoms. The highest BCUT2D eigenvalue weighted by Crippen LogP contribution is 2.27. The van der Waals surface area contributed by atoms with Gasteiger partial charge in [-0.2, -0.15) is 0 Å². The van der Waals surface area contributed by atoms with Gasteiger partial charge >= 0.3 is 0 Å². The molecule has 0 radical (unpaired) electrons. The van der Waals surface area contributed by atoms with E-state index < -0.39 is 0 Å². The third-order valence-electron chi connectivity index (χ3n) is 4.35. The van der Waals surface area contributed by atoms with Gasteiger partial charge in [-0.1, -0.05) is 72.8 Å². The summed E-state index contributed by atoms with van der Waals surface area (Å²) in [6.07, 6.45) is 0.831. The summed E-state index contributed by atoms with van der Waals surface area (Å²) in [5.74, 6) is 0. The summed E-state index contributed by atoms with van der Waals surface area (Å²) < 4.78 is 1.25. The van der Waals surface area contributed by atoms with Crippen LogP contribution in [0.25, 0.3) is 22.4 Å². The minimum Gasteiger partial charge on any atom is -0.252 e. The second-order valence-electron chi connectivity index (χ2n) is 6.27. The minimum atomic E-state index is 0.831. The van der Waals surface area contributed by atoms with Gasteiger partial charge in [-0.3, -0.25) is 4.98 Å². The molecule has 0 amide bonds. The molecule has 1 heterocycles. The van der Waals surface area contributed by atoms with Crippen LogP contribution in [-0.4, -0.2) is 4.98 Å². The predicted molar refractivity (Wildman–Crippen MR) is 117 cm³/mol. The zero-order chi connectivity index (χ0) is 17.8. The van der Waals surface area contributed by atoms with E-state index in [4.69, 9.17) is 4.98 Å². The summed E-state index contributed by atoms with van der Waals surface area (Å²) in [5, 5.41) is 0. The Morgan fingerprint density at radius 3 is 1.88 bits per heavy atom. The normalized spacial score (nSPS) is 10.7. The van der Waals surface area contributed by atoms with E-state index in [0.29, 0.717) is 0 Å². The van der Waals surface area contributed by atoms with Crippen LogP contribution in [0.2, 0.25) is 0 Å². The lowest BCUT2D eigenvalue weighted by molar-refractivity contribution is 1.08. The first kappa shape index (κ1) is 17.0. The fraction of sp³-hybridized carbons (Fsp3) is 0.0417. The lowest BCUT2D eigenvalue weighted by atomic mass is 10.00. The Morgan fingerprint density at radius 2 is 1.23 bits per heavy atom. The summed E-state index contributed by atoms with van der Waals surface area (Å²) >= 11 is 2.34. The molecule has 0 bridgehead atoms. The van der Waals surface area contributed by atoms with E-state index in [1.54, 1.807) is 0 Å². The molecular weight excluding hydrogens is 429 g/mol. The highest BCUT2D eigenvalue weighted by atomic mass is 127. The molecule has 0 aliphatic heterocycles. The number of halogens is 1. The molecule has 0 atom stereocenters. The van der Waals surface area contributed by atoms with E-state index in [0.717, 1.165) is 23.4 Å². The van der Waals surface area contributed by atoms with Gasteiger partial charge in [-0.15, -0.1) is 0 Å². The van der Waals surface area contributed by atoms with E-state index in [1.807, 2.05) is 6.07 Å². The van der Waals surface area contributed by atoms with Gasteiger partial charge in [0.1, 0.15) is 0 Å². The van der Waals surface area contributed by atoms with Crippen LogP contribution in [0.1, 0.15) is 11.3 Å². The third-order valence-corrected chi connectivity index (χ3v) is 5.07. The van der Waals surface area contributed by atoms with Crippen molar-refractivity contribution in [1.82, 2.24) is 4.98 Å². The lowest BCUT2D eigenvalue weighted by Gasteiger charge is -2.10. The topological polar surface area (TPSA) is 12.9 Å². The molecule has 0 N–H and O–H groups in total. The molecular formula is C24H18IN. The van der Waals surface area contributed by atoms with Crippen LogP contribution in [0.3, 0.4) is 0 Å². The number of benzene rings is 3. The maximum Gasteiger partial charge on any atom is 0.0711 e. The Hall–Kier alpha value is -2.46. The van der Waals surface area contributed by atoms with Gasteiger partial charge in [-0.05, 0) is 63.5 Å². The smallest absolute Gasteiger partial charge is 0.0711 e. The molecule has 1 aromatic heterocycles. The SMILES string of the molecule is Ic1ccc(Cc2cc(-c3ccccc3)cc(-c3ccccc3)n2)cc1. The van der Waals surface area contributed by atoms with E-state index in [1.165, 1.54) is 20.3 Å². The summed E-state index contributed by atoms with van der Waals surface area (Å²) in [6, 6.07) is 34.0. The van der Waals surface area contributed by atoms with Crippen molar-refractivity contribution in [2.75, 3.05) is 0 Å². The minimum absolute atomic E-state index is 0.831. The molecule has 0 fully saturated rings. The van der Waals surface area contributed by atoms with Crippen LogP contribution in [-0.2, 0) is 6.42 Å². The van der Waals surface area contributed by atoms with E-state index in [9.17, 15) is 0 Å². The van der Waals surface area contributed by atoms with Crippen LogP contribution in [0.15, 0.2) is 97.1 Å². The zero-order valence-electron chi connectivity index (χ0n) is 14.3. The van der Waals surface area contributed by atoms with Gasteiger partial charge in [0, 0.05) is 21.2 Å². The summed E-state index contributed by atoms with van der Waals surface area (Å²) in [5.41, 5.74) is 6.96. The highest BCUT2D eigenvalue weighted by Gasteiger charge is 2.08. The first-order valence-corrected chi connectivity index (χ1v) is 9.72. The fourth-order valence-corrected chi connectivity index (χ4v) is 3.40. The Labute approximate surface area is 167 Å². The van der Waals surface area contributed by atoms with Crippen molar-refractivity contribution in [3.8, 4) is 22.4 Å². The number of hydrogen-bond acceptors (Lipinski definition) is 1. The molecule has 0 aliphatic rings. The zero-order valence-corrected chi connectivity index (χ0v) is 16.4. The summed E-state index contributed by atoms with van der Waals surface area (Å²) in [4.78, 5) is 4.94. The molecule has 3 aromatic carbocycles. The summed E-state index contributed by atoms with van der Waals surface area (Å²) in [7, 11) is 0. The standard InChI is InChI=1S/C24H18IN/c25-22-13-11-18(12-14-22)15-23-16-21(19-7-3-1-4-8-19)17-24(26-23)20-9-5-2-6-10-20/h1-14,16-17H,15H2. The lowest BCUT2D eigenvalue weighted by Crippen LogP contribution is -1.96. The van der Waals surface area contributed by atoms with Gasteiger partial charge < -0.3 is 0 Å². The molecule has 0 aliphatic carbocycles. The van der Waals surface area contributed by atoms with Gasteiger partial charge in [0.2, 0.25) is 0 Å². The second kappa shape index (κ2) is 7.83. The number of aromatic nitrogens is 1. The van der Waals surface area contributed by atoms with Crippen LogP contribution in [0, 0.1) is 3.57 Å². The van der Waals surface area contributed by atoms with Crippen molar-refractivity contribution in [1.29, 1.82) is 0 Å². The van der Waals surface area contributed by atoms with Crippen molar-refractivity contribution >= 4 is 22.6 Å². The van der Waals surface area contributed by atoms with Gasteiger partial charge in [0.05, 0.1) is 5.69 Å².